The molecule has 0 aliphatic heterocycles. The van der Waals surface area contributed by atoms with Gasteiger partial charge in [0.15, 0.2) is 0 Å². The fourth-order valence-electron chi connectivity index (χ4n) is 3.94. The van der Waals surface area contributed by atoms with E-state index in [2.05, 4.69) is 16.0 Å². The maximum atomic E-state index is 12.7. The van der Waals surface area contributed by atoms with E-state index in [0.29, 0.717) is 34.8 Å². The van der Waals surface area contributed by atoms with Gasteiger partial charge in [0.1, 0.15) is 0 Å². The van der Waals surface area contributed by atoms with E-state index in [-0.39, 0.29) is 30.3 Å². The Morgan fingerprint density at radius 3 is 2.32 bits per heavy atom. The number of nitrogens with zero attached hydrogens (tertiary/aromatic N) is 1. The zero-order valence-electron chi connectivity index (χ0n) is 19.8. The molecule has 2 aromatic rings. The van der Waals surface area contributed by atoms with E-state index < -0.39 is 0 Å². The van der Waals surface area contributed by atoms with Gasteiger partial charge in [-0.1, -0.05) is 43.0 Å². The van der Waals surface area contributed by atoms with E-state index in [1.54, 1.807) is 37.2 Å². The lowest BCUT2D eigenvalue weighted by Crippen LogP contribution is -2.36. The van der Waals surface area contributed by atoms with Crippen molar-refractivity contribution >= 4 is 40.7 Å². The highest BCUT2D eigenvalue weighted by molar-refractivity contribution is 6.34. The molecule has 2 aromatic carbocycles. The van der Waals surface area contributed by atoms with Crippen LogP contribution in [0, 0.1) is 0 Å². The molecule has 0 heterocycles. The molecule has 0 bridgehead atoms. The molecule has 3 N–H and O–H groups in total. The molecule has 3 rings (SSSR count). The molecule has 34 heavy (non-hydrogen) atoms. The number of carbonyl (C=O) groups is 3. The van der Waals surface area contributed by atoms with Gasteiger partial charge in [0.25, 0.3) is 5.91 Å². The van der Waals surface area contributed by atoms with E-state index in [9.17, 15) is 14.4 Å². The van der Waals surface area contributed by atoms with Crippen LogP contribution in [0.15, 0.2) is 42.5 Å². The third kappa shape index (κ3) is 7.76. The summed E-state index contributed by atoms with van der Waals surface area (Å²) in [4.78, 5) is 38.4. The first-order valence-corrected chi connectivity index (χ1v) is 12.1. The highest BCUT2D eigenvalue weighted by Gasteiger charge is 2.18. The second-order valence-corrected chi connectivity index (χ2v) is 9.30. The van der Waals surface area contributed by atoms with Crippen molar-refractivity contribution in [3.63, 3.8) is 0 Å². The van der Waals surface area contributed by atoms with Crippen LogP contribution >= 0.6 is 11.6 Å². The first-order valence-electron chi connectivity index (χ1n) is 11.7. The monoisotopic (exact) mass is 484 g/mol. The zero-order valence-corrected chi connectivity index (χ0v) is 20.6. The Morgan fingerprint density at radius 1 is 0.971 bits per heavy atom. The molecular formula is C26H33ClN4O3. The number of rotatable bonds is 9. The lowest BCUT2D eigenvalue weighted by molar-refractivity contribution is -0.128. The first kappa shape index (κ1) is 25.6. The average Bonchev–Trinajstić information content (AvgIpc) is 2.83. The largest absolute Gasteiger partial charge is 0.376 e. The maximum Gasteiger partial charge on any atom is 0.253 e. The molecule has 1 fully saturated rings. The molecule has 0 saturated heterocycles. The van der Waals surface area contributed by atoms with Gasteiger partial charge < -0.3 is 20.9 Å². The van der Waals surface area contributed by atoms with Gasteiger partial charge in [-0.05, 0) is 55.2 Å². The van der Waals surface area contributed by atoms with Crippen LogP contribution in [0.5, 0.6) is 0 Å². The van der Waals surface area contributed by atoms with Crippen molar-refractivity contribution in [2.24, 2.45) is 0 Å². The fourth-order valence-corrected chi connectivity index (χ4v) is 4.14. The zero-order chi connectivity index (χ0) is 24.5. The molecule has 0 unspecified atom stereocenters. The Labute approximate surface area is 206 Å². The summed E-state index contributed by atoms with van der Waals surface area (Å²) in [5.74, 6) is -0.309. The predicted octanol–water partition coefficient (Wildman–Crippen LogP) is 4.47. The molecule has 3 amide bonds. The van der Waals surface area contributed by atoms with Gasteiger partial charge in [-0.3, -0.25) is 14.4 Å². The van der Waals surface area contributed by atoms with Crippen molar-refractivity contribution in [3.8, 4) is 0 Å². The lowest BCUT2D eigenvalue weighted by Gasteiger charge is -2.23. The van der Waals surface area contributed by atoms with Crippen molar-refractivity contribution in [2.45, 2.75) is 51.0 Å². The molecule has 0 spiro atoms. The summed E-state index contributed by atoms with van der Waals surface area (Å²) >= 11 is 6.26. The number of halogens is 1. The van der Waals surface area contributed by atoms with Gasteiger partial charge in [-0.25, -0.2) is 0 Å². The second-order valence-electron chi connectivity index (χ2n) is 8.89. The minimum absolute atomic E-state index is 0.0460. The van der Waals surface area contributed by atoms with E-state index >= 15 is 0 Å². The number of aryl methyl sites for hydroxylation is 1. The molecule has 7 nitrogen and oxygen atoms in total. The number of benzene rings is 2. The van der Waals surface area contributed by atoms with Gasteiger partial charge in [0.2, 0.25) is 11.8 Å². The van der Waals surface area contributed by atoms with Gasteiger partial charge in [0.05, 0.1) is 17.1 Å². The smallest absolute Gasteiger partial charge is 0.253 e. The summed E-state index contributed by atoms with van der Waals surface area (Å²) in [6, 6.07) is 12.7. The van der Waals surface area contributed by atoms with Gasteiger partial charge in [-0.15, -0.1) is 0 Å². The molecule has 0 aromatic heterocycles. The average molecular weight is 485 g/mol. The third-order valence-electron chi connectivity index (χ3n) is 5.97. The first-order chi connectivity index (χ1) is 16.3. The second kappa shape index (κ2) is 12.4. The molecule has 0 radical (unpaired) electrons. The molecule has 1 saturated carbocycles. The van der Waals surface area contributed by atoms with Crippen molar-refractivity contribution in [1.29, 1.82) is 0 Å². The highest BCUT2D eigenvalue weighted by atomic mass is 35.5. The highest BCUT2D eigenvalue weighted by Crippen LogP contribution is 2.23. The number of anilines is 2. The predicted molar refractivity (Wildman–Crippen MR) is 136 cm³/mol. The van der Waals surface area contributed by atoms with E-state index in [4.69, 9.17) is 11.6 Å². The van der Waals surface area contributed by atoms with Crippen LogP contribution in [0.1, 0.15) is 54.4 Å². The van der Waals surface area contributed by atoms with Crippen molar-refractivity contribution in [2.75, 3.05) is 31.3 Å². The minimum atomic E-state index is -0.210. The van der Waals surface area contributed by atoms with Crippen LogP contribution in [0.3, 0.4) is 0 Å². The summed E-state index contributed by atoms with van der Waals surface area (Å²) in [6.07, 6.45) is 6.58. The number of amides is 3. The van der Waals surface area contributed by atoms with Crippen LogP contribution in [-0.2, 0) is 16.0 Å². The quantitative estimate of drug-likeness (QED) is 0.489. The lowest BCUT2D eigenvalue weighted by atomic mass is 9.95. The van der Waals surface area contributed by atoms with Crippen LogP contribution in [-0.4, -0.2) is 49.3 Å². The van der Waals surface area contributed by atoms with Crippen molar-refractivity contribution in [1.82, 2.24) is 10.2 Å². The molecular weight excluding hydrogens is 452 g/mol. The number of nitrogens with one attached hydrogen (secondary N) is 3. The summed E-state index contributed by atoms with van der Waals surface area (Å²) in [6.45, 7) is 0.0460. The van der Waals surface area contributed by atoms with Crippen molar-refractivity contribution < 1.29 is 14.4 Å². The fraction of sp³-hybridized carbons (Fsp3) is 0.423. The topological polar surface area (TPSA) is 90.5 Å². The maximum absolute atomic E-state index is 12.7. The van der Waals surface area contributed by atoms with Crippen LogP contribution < -0.4 is 16.0 Å². The Kier molecular flexibility index (Phi) is 9.33. The standard InChI is InChI=1S/C26H33ClN4O3/c1-31(2)25(33)15-10-18-8-11-20(12-9-18)29-24(32)17-28-21-13-14-23(27)22(16-21)26(34)30-19-6-4-3-5-7-19/h8-9,11-14,16,19,28H,3-7,10,15,17H2,1-2H3,(H,29,32)(H,30,34). The van der Waals surface area contributed by atoms with Crippen LogP contribution in [0.2, 0.25) is 5.02 Å². The summed E-state index contributed by atoms with van der Waals surface area (Å²) < 4.78 is 0. The summed E-state index contributed by atoms with van der Waals surface area (Å²) in [5.41, 5.74) is 2.76. The minimum Gasteiger partial charge on any atom is -0.376 e. The normalized spacial score (nSPS) is 13.7. The van der Waals surface area contributed by atoms with E-state index in [1.807, 2.05) is 24.3 Å². The molecule has 0 atom stereocenters. The Balaban J connectivity index is 1.49. The van der Waals surface area contributed by atoms with E-state index in [1.165, 1.54) is 6.42 Å². The summed E-state index contributed by atoms with van der Waals surface area (Å²) in [5, 5.41) is 9.36. The third-order valence-corrected chi connectivity index (χ3v) is 6.30. The molecule has 182 valence electrons. The van der Waals surface area contributed by atoms with Gasteiger partial charge in [-0.2, -0.15) is 0 Å². The van der Waals surface area contributed by atoms with E-state index in [0.717, 1.165) is 31.2 Å². The number of hydrogen-bond donors (Lipinski definition) is 3. The van der Waals surface area contributed by atoms with Crippen molar-refractivity contribution in [3.05, 3.63) is 58.6 Å². The SMILES string of the molecule is CN(C)C(=O)CCc1ccc(NC(=O)CNc2ccc(Cl)c(C(=O)NC3CCCCC3)c2)cc1. The molecule has 1 aliphatic carbocycles. The van der Waals surface area contributed by atoms with Crippen LogP contribution in [0.4, 0.5) is 11.4 Å². The number of carbonyl (C=O) groups excluding carboxylic acids is 3. The Bertz CT molecular complexity index is 1000. The number of hydrogen-bond acceptors (Lipinski definition) is 4. The molecule has 1 aliphatic rings. The van der Waals surface area contributed by atoms with Gasteiger partial charge in [0, 0.05) is 37.9 Å². The Hall–Kier alpha value is -3.06. The van der Waals surface area contributed by atoms with Crippen LogP contribution in [0.25, 0.3) is 0 Å². The molecule has 8 heteroatoms. The van der Waals surface area contributed by atoms with Gasteiger partial charge >= 0.3 is 0 Å². The Morgan fingerprint density at radius 2 is 1.65 bits per heavy atom. The summed E-state index contributed by atoms with van der Waals surface area (Å²) in [7, 11) is 3.48.